The maximum atomic E-state index is 14.9. The Morgan fingerprint density at radius 1 is 0.976 bits per heavy atom. The Labute approximate surface area is 228 Å². The number of alkyl halides is 3. The van der Waals surface area contributed by atoms with E-state index >= 15 is 0 Å². The predicted octanol–water partition coefficient (Wildman–Crippen LogP) is 6.72. The van der Waals surface area contributed by atoms with Crippen LogP contribution in [-0.2, 0) is 6.18 Å². The van der Waals surface area contributed by atoms with Crippen molar-refractivity contribution in [3.05, 3.63) is 101 Å². The first-order valence-electron chi connectivity index (χ1n) is 12.5. The molecule has 0 saturated heterocycles. The fourth-order valence-electron chi connectivity index (χ4n) is 4.27. The van der Waals surface area contributed by atoms with Gasteiger partial charge in [-0.1, -0.05) is 0 Å². The molecule has 2 aromatic carbocycles. The van der Waals surface area contributed by atoms with E-state index in [1.54, 1.807) is 12.1 Å². The van der Waals surface area contributed by atoms with Gasteiger partial charge in [0.1, 0.15) is 35.0 Å². The quantitative estimate of drug-likeness (QED) is 0.204. The molecule has 0 unspecified atom stereocenters. The molecule has 1 aliphatic carbocycles. The molecule has 1 fully saturated rings. The lowest BCUT2D eigenvalue weighted by atomic mass is 10.1. The van der Waals surface area contributed by atoms with E-state index in [1.807, 2.05) is 0 Å². The van der Waals surface area contributed by atoms with Crippen molar-refractivity contribution in [2.75, 3.05) is 6.61 Å². The van der Waals surface area contributed by atoms with Crippen LogP contribution >= 0.6 is 0 Å². The van der Waals surface area contributed by atoms with Crippen molar-refractivity contribution in [3.8, 4) is 34.5 Å². The molecular formula is C29H19F5N4O3. The molecule has 5 aromatic rings. The Balaban J connectivity index is 1.45. The lowest BCUT2D eigenvalue weighted by molar-refractivity contribution is -0.138. The third kappa shape index (κ3) is 5.45. The first kappa shape index (κ1) is 26.4. The lowest BCUT2D eigenvalue weighted by Gasteiger charge is -2.17. The summed E-state index contributed by atoms with van der Waals surface area (Å²) in [5, 5.41) is 0.00841. The fourth-order valence-corrected chi connectivity index (χ4v) is 4.27. The van der Waals surface area contributed by atoms with E-state index in [0.717, 1.165) is 43.3 Å². The summed E-state index contributed by atoms with van der Waals surface area (Å²) >= 11 is 0. The molecular weight excluding hydrogens is 547 g/mol. The lowest BCUT2D eigenvalue weighted by Crippen LogP contribution is -2.13. The van der Waals surface area contributed by atoms with E-state index in [2.05, 4.69) is 15.0 Å². The second kappa shape index (κ2) is 10.3. The number of aromatic nitrogens is 4. The van der Waals surface area contributed by atoms with Gasteiger partial charge in [0, 0.05) is 23.9 Å². The van der Waals surface area contributed by atoms with Crippen LogP contribution in [0, 0.1) is 17.6 Å². The van der Waals surface area contributed by atoms with Gasteiger partial charge in [-0.25, -0.2) is 18.7 Å². The molecule has 0 amide bonds. The van der Waals surface area contributed by atoms with Gasteiger partial charge in [0.05, 0.1) is 23.2 Å². The maximum Gasteiger partial charge on any atom is 0.421 e. The van der Waals surface area contributed by atoms with Crippen molar-refractivity contribution in [2.45, 2.75) is 19.0 Å². The summed E-state index contributed by atoms with van der Waals surface area (Å²) in [7, 11) is 0. The summed E-state index contributed by atoms with van der Waals surface area (Å²) in [4.78, 5) is 24.8. The molecule has 7 nitrogen and oxygen atoms in total. The summed E-state index contributed by atoms with van der Waals surface area (Å²) < 4.78 is 81.5. The third-order valence-corrected chi connectivity index (χ3v) is 6.50. The number of pyridine rings is 2. The van der Waals surface area contributed by atoms with Crippen molar-refractivity contribution < 1.29 is 31.4 Å². The monoisotopic (exact) mass is 566 g/mol. The normalized spacial score (nSPS) is 13.4. The highest BCUT2D eigenvalue weighted by atomic mass is 19.4. The Morgan fingerprint density at radius 3 is 2.56 bits per heavy atom. The van der Waals surface area contributed by atoms with E-state index in [1.165, 1.54) is 35.2 Å². The molecule has 0 bridgehead atoms. The van der Waals surface area contributed by atoms with Crippen LogP contribution in [0.4, 0.5) is 22.0 Å². The van der Waals surface area contributed by atoms with Gasteiger partial charge >= 0.3 is 6.18 Å². The van der Waals surface area contributed by atoms with Gasteiger partial charge < -0.3 is 9.47 Å². The van der Waals surface area contributed by atoms with Gasteiger partial charge in [0.25, 0.3) is 5.56 Å². The van der Waals surface area contributed by atoms with Crippen LogP contribution in [0.1, 0.15) is 18.4 Å². The summed E-state index contributed by atoms with van der Waals surface area (Å²) in [6.45, 7) is 0.454. The summed E-state index contributed by atoms with van der Waals surface area (Å²) in [6, 6.07) is 12.3. The Bertz CT molecular complexity index is 1840. The zero-order valence-corrected chi connectivity index (χ0v) is 21.0. The molecule has 0 aliphatic heterocycles. The first-order chi connectivity index (χ1) is 19.7. The smallest absolute Gasteiger partial charge is 0.421 e. The van der Waals surface area contributed by atoms with Gasteiger partial charge in [0.15, 0.2) is 0 Å². The van der Waals surface area contributed by atoms with E-state index in [0.29, 0.717) is 18.2 Å². The van der Waals surface area contributed by atoms with E-state index < -0.39 is 34.8 Å². The average Bonchev–Trinajstić information content (AvgIpc) is 3.77. The highest BCUT2D eigenvalue weighted by molar-refractivity contribution is 5.83. The van der Waals surface area contributed by atoms with Gasteiger partial charge in [-0.3, -0.25) is 9.36 Å². The summed E-state index contributed by atoms with van der Waals surface area (Å²) in [6.07, 6.45) is -0.228. The van der Waals surface area contributed by atoms with Crippen LogP contribution in [0.2, 0.25) is 0 Å². The minimum atomic E-state index is -4.71. The molecule has 1 saturated carbocycles. The fraction of sp³-hybridized carbons (Fsp3) is 0.172. The summed E-state index contributed by atoms with van der Waals surface area (Å²) in [5.74, 6) is -1.70. The molecule has 0 radical (unpaired) electrons. The molecule has 1 aliphatic rings. The first-order valence-corrected chi connectivity index (χ1v) is 12.5. The Kier molecular flexibility index (Phi) is 6.60. The van der Waals surface area contributed by atoms with E-state index in [4.69, 9.17) is 9.47 Å². The summed E-state index contributed by atoms with van der Waals surface area (Å²) in [5.41, 5.74) is -1.09. The number of rotatable bonds is 7. The number of halogens is 5. The van der Waals surface area contributed by atoms with E-state index in [-0.39, 0.29) is 33.8 Å². The highest BCUT2D eigenvalue weighted by Gasteiger charge is 2.35. The van der Waals surface area contributed by atoms with Gasteiger partial charge in [-0.2, -0.15) is 18.2 Å². The minimum Gasteiger partial charge on any atom is -0.477 e. The third-order valence-electron chi connectivity index (χ3n) is 6.50. The van der Waals surface area contributed by atoms with Gasteiger partial charge in [0.2, 0.25) is 11.8 Å². The van der Waals surface area contributed by atoms with Crippen LogP contribution in [0.15, 0.2) is 78.0 Å². The molecule has 0 N–H and O–H groups in total. The van der Waals surface area contributed by atoms with Gasteiger partial charge in [-0.15, -0.1) is 0 Å². The zero-order valence-electron chi connectivity index (χ0n) is 21.0. The number of hydrogen-bond donors (Lipinski definition) is 0. The second-order valence-corrected chi connectivity index (χ2v) is 9.45. The molecule has 6 rings (SSSR count). The Hall–Kier alpha value is -4.87. The van der Waals surface area contributed by atoms with Crippen LogP contribution < -0.4 is 15.0 Å². The number of nitrogens with zero attached hydrogens (tertiary/aromatic N) is 4. The van der Waals surface area contributed by atoms with Crippen molar-refractivity contribution in [1.29, 1.82) is 0 Å². The standard InChI is InChI=1S/C29H19F5N4O3/c30-17-5-7-19(22(31)12-17)26-24(9-10-25(37-26)40-14-16-3-4-16)38-15-36-27(39)20-13-18(6-8-23(20)38)41-28-21(29(32,33)34)2-1-11-35-28/h1-2,5-13,15-16H,3-4,14H2. The van der Waals surface area contributed by atoms with Crippen molar-refractivity contribution in [3.63, 3.8) is 0 Å². The van der Waals surface area contributed by atoms with Crippen LogP contribution in [0.5, 0.6) is 17.5 Å². The van der Waals surface area contributed by atoms with Crippen molar-refractivity contribution in [2.24, 2.45) is 5.92 Å². The predicted molar refractivity (Wildman–Crippen MR) is 138 cm³/mol. The molecule has 41 heavy (non-hydrogen) atoms. The average molecular weight is 566 g/mol. The van der Waals surface area contributed by atoms with Gasteiger partial charge in [-0.05, 0) is 67.3 Å². The minimum absolute atomic E-state index is 0.00841. The molecule has 12 heteroatoms. The van der Waals surface area contributed by atoms with Crippen LogP contribution in [0.25, 0.3) is 27.8 Å². The van der Waals surface area contributed by atoms with Crippen molar-refractivity contribution >= 4 is 10.9 Å². The highest BCUT2D eigenvalue weighted by Crippen LogP contribution is 2.37. The van der Waals surface area contributed by atoms with E-state index in [9.17, 15) is 26.7 Å². The largest absolute Gasteiger partial charge is 0.477 e. The zero-order chi connectivity index (χ0) is 28.7. The Morgan fingerprint density at radius 2 is 1.80 bits per heavy atom. The number of benzene rings is 2. The molecule has 0 atom stereocenters. The molecule has 0 spiro atoms. The number of fused-ring (bicyclic) bond motifs is 1. The number of ether oxygens (including phenoxy) is 2. The van der Waals surface area contributed by atoms with Crippen LogP contribution in [-0.4, -0.2) is 26.1 Å². The van der Waals surface area contributed by atoms with Crippen molar-refractivity contribution in [1.82, 2.24) is 19.5 Å². The second-order valence-electron chi connectivity index (χ2n) is 9.45. The molecule has 208 valence electrons. The molecule has 3 heterocycles. The molecule has 3 aromatic heterocycles. The topological polar surface area (TPSA) is 79.1 Å². The van der Waals surface area contributed by atoms with Crippen LogP contribution in [0.3, 0.4) is 0 Å². The number of hydrogen-bond acceptors (Lipinski definition) is 6. The SMILES string of the molecule is O=c1ncn(-c2ccc(OCC3CC3)nc2-c2ccc(F)cc2F)c2ccc(Oc3ncccc3C(F)(F)F)cc12. The maximum absolute atomic E-state index is 14.9.